The third-order valence-corrected chi connectivity index (χ3v) is 3.12. The molecule has 0 spiro atoms. The van der Waals surface area contributed by atoms with E-state index in [-0.39, 0.29) is 24.1 Å². The van der Waals surface area contributed by atoms with Crippen molar-refractivity contribution in [2.24, 2.45) is 0 Å². The Morgan fingerprint density at radius 1 is 1.13 bits per heavy atom. The van der Waals surface area contributed by atoms with Gasteiger partial charge < -0.3 is 14.5 Å². The molecule has 6 heteroatoms. The topological polar surface area (TPSA) is 85.6 Å². The Morgan fingerprint density at radius 2 is 1.87 bits per heavy atom. The van der Waals surface area contributed by atoms with Gasteiger partial charge in [0.25, 0.3) is 0 Å². The van der Waals surface area contributed by atoms with Gasteiger partial charge in [0.15, 0.2) is 12.4 Å². The largest absolute Gasteiger partial charge is 0.457 e. The molecular formula is C17H17NO5. The number of ether oxygens (including phenoxy) is 1. The highest BCUT2D eigenvalue weighted by atomic mass is 16.5. The van der Waals surface area contributed by atoms with Gasteiger partial charge in [0.2, 0.25) is 11.7 Å². The van der Waals surface area contributed by atoms with E-state index < -0.39 is 5.97 Å². The molecule has 0 bridgehead atoms. The predicted octanol–water partition coefficient (Wildman–Crippen LogP) is 2.00. The molecule has 6 nitrogen and oxygen atoms in total. The molecule has 1 amide bonds. The van der Waals surface area contributed by atoms with Crippen LogP contribution in [-0.2, 0) is 16.0 Å². The second-order valence-corrected chi connectivity index (χ2v) is 4.91. The van der Waals surface area contributed by atoms with Crippen molar-refractivity contribution in [2.45, 2.75) is 13.3 Å². The number of nitrogens with one attached hydrogen (secondary N) is 1. The van der Waals surface area contributed by atoms with E-state index in [0.29, 0.717) is 18.5 Å². The monoisotopic (exact) mass is 315 g/mol. The molecule has 1 N–H and O–H groups in total. The Kier molecular flexibility index (Phi) is 5.68. The molecule has 0 unspecified atom stereocenters. The van der Waals surface area contributed by atoms with Gasteiger partial charge in [-0.3, -0.25) is 9.59 Å². The van der Waals surface area contributed by atoms with Crippen molar-refractivity contribution in [1.29, 1.82) is 0 Å². The number of rotatable bonds is 7. The lowest BCUT2D eigenvalue weighted by molar-refractivity contribution is -0.118. The van der Waals surface area contributed by atoms with Crippen LogP contribution >= 0.6 is 0 Å². The second-order valence-electron chi connectivity index (χ2n) is 4.91. The first-order valence-electron chi connectivity index (χ1n) is 7.13. The highest BCUT2D eigenvalue weighted by Gasteiger charge is 2.13. The van der Waals surface area contributed by atoms with Crippen LogP contribution in [0.25, 0.3) is 0 Å². The van der Waals surface area contributed by atoms with Crippen molar-refractivity contribution in [3.8, 4) is 0 Å². The third kappa shape index (κ3) is 5.10. The zero-order valence-corrected chi connectivity index (χ0v) is 12.7. The molecule has 2 rings (SSSR count). The average molecular weight is 315 g/mol. The van der Waals surface area contributed by atoms with Crippen LogP contribution in [0.5, 0.6) is 0 Å². The van der Waals surface area contributed by atoms with E-state index in [0.717, 1.165) is 5.56 Å². The number of ketones is 1. The number of carbonyl (C=O) groups excluding carboxylic acids is 3. The lowest BCUT2D eigenvalue weighted by atomic mass is 10.1. The molecule has 0 aliphatic heterocycles. The summed E-state index contributed by atoms with van der Waals surface area (Å²) in [6, 6.07) is 10.00. The summed E-state index contributed by atoms with van der Waals surface area (Å²) in [6.07, 6.45) is 2.04. The number of amides is 1. The maximum Gasteiger partial charge on any atom is 0.374 e. The molecule has 2 aromatic rings. The van der Waals surface area contributed by atoms with Crippen molar-refractivity contribution in [1.82, 2.24) is 5.32 Å². The Balaban J connectivity index is 1.82. The molecule has 1 heterocycles. The summed E-state index contributed by atoms with van der Waals surface area (Å²) in [4.78, 5) is 34.3. The molecule has 0 atom stereocenters. The Labute approximate surface area is 133 Å². The van der Waals surface area contributed by atoms with Crippen LogP contribution in [0.15, 0.2) is 47.1 Å². The van der Waals surface area contributed by atoms with E-state index in [1.807, 2.05) is 12.1 Å². The van der Waals surface area contributed by atoms with Crippen molar-refractivity contribution >= 4 is 17.7 Å². The Morgan fingerprint density at radius 3 is 2.48 bits per heavy atom. The summed E-state index contributed by atoms with van der Waals surface area (Å²) >= 11 is 0. The first kappa shape index (κ1) is 16.5. The first-order chi connectivity index (χ1) is 11.1. The van der Waals surface area contributed by atoms with E-state index in [4.69, 9.17) is 9.15 Å². The van der Waals surface area contributed by atoms with Crippen molar-refractivity contribution in [3.63, 3.8) is 0 Å². The van der Waals surface area contributed by atoms with E-state index >= 15 is 0 Å². The van der Waals surface area contributed by atoms with Gasteiger partial charge in [-0.15, -0.1) is 0 Å². The fraction of sp³-hybridized carbons (Fsp3) is 0.235. The zero-order valence-electron chi connectivity index (χ0n) is 12.7. The van der Waals surface area contributed by atoms with Crippen LogP contribution < -0.4 is 5.32 Å². The van der Waals surface area contributed by atoms with Gasteiger partial charge in [-0.2, -0.15) is 0 Å². The molecule has 0 aliphatic rings. The third-order valence-electron chi connectivity index (χ3n) is 3.12. The number of benzene rings is 1. The number of hydrogen-bond acceptors (Lipinski definition) is 5. The summed E-state index contributed by atoms with van der Waals surface area (Å²) in [5.74, 6) is -0.977. The average Bonchev–Trinajstić information content (AvgIpc) is 3.07. The lowest BCUT2D eigenvalue weighted by Gasteiger charge is -2.05. The molecule has 23 heavy (non-hydrogen) atoms. The summed E-state index contributed by atoms with van der Waals surface area (Å²) in [7, 11) is 0. The molecule has 0 fully saturated rings. The van der Waals surface area contributed by atoms with Crippen LogP contribution in [0.4, 0.5) is 0 Å². The van der Waals surface area contributed by atoms with Crippen LogP contribution in [0.2, 0.25) is 0 Å². The van der Waals surface area contributed by atoms with Crippen molar-refractivity contribution in [3.05, 3.63) is 59.5 Å². The van der Waals surface area contributed by atoms with E-state index in [1.54, 1.807) is 18.2 Å². The van der Waals surface area contributed by atoms with Gasteiger partial charge in [-0.1, -0.05) is 24.3 Å². The van der Waals surface area contributed by atoms with Gasteiger partial charge in [0, 0.05) is 19.0 Å². The fourth-order valence-corrected chi connectivity index (χ4v) is 1.92. The van der Waals surface area contributed by atoms with E-state index in [2.05, 4.69) is 5.32 Å². The highest BCUT2D eigenvalue weighted by molar-refractivity contribution is 5.98. The molecule has 1 aromatic heterocycles. The molecule has 0 radical (unpaired) electrons. The van der Waals surface area contributed by atoms with E-state index in [9.17, 15) is 14.4 Å². The van der Waals surface area contributed by atoms with Gasteiger partial charge in [-0.05, 0) is 24.1 Å². The predicted molar refractivity (Wildman–Crippen MR) is 82.2 cm³/mol. The minimum absolute atomic E-state index is 0.0612. The minimum atomic E-state index is -0.671. The van der Waals surface area contributed by atoms with Crippen molar-refractivity contribution < 1.29 is 23.5 Å². The zero-order chi connectivity index (χ0) is 16.7. The maximum absolute atomic E-state index is 12.0. The standard InChI is InChI=1S/C17H17NO5/c1-12(19)18-9-8-13-4-6-14(7-5-13)15(20)11-23-17(21)16-3-2-10-22-16/h2-7,10H,8-9,11H2,1H3,(H,18,19). The second kappa shape index (κ2) is 7.93. The summed E-state index contributed by atoms with van der Waals surface area (Å²) < 4.78 is 9.78. The molecule has 1 aromatic carbocycles. The molecule has 0 saturated carbocycles. The molecule has 0 saturated heterocycles. The maximum atomic E-state index is 12.0. The van der Waals surface area contributed by atoms with Gasteiger partial charge in [0.05, 0.1) is 6.26 Å². The van der Waals surface area contributed by atoms with Gasteiger partial charge in [0.1, 0.15) is 0 Å². The number of hydrogen-bond donors (Lipinski definition) is 1. The normalized spacial score (nSPS) is 10.1. The van der Waals surface area contributed by atoms with Crippen molar-refractivity contribution in [2.75, 3.05) is 13.2 Å². The Hall–Kier alpha value is -2.89. The highest BCUT2D eigenvalue weighted by Crippen LogP contribution is 2.08. The smallest absolute Gasteiger partial charge is 0.374 e. The van der Waals surface area contributed by atoms with Crippen LogP contribution in [0.1, 0.15) is 33.4 Å². The molecular weight excluding hydrogens is 298 g/mol. The summed E-state index contributed by atoms with van der Waals surface area (Å²) in [5.41, 5.74) is 1.46. The number of esters is 1. The van der Waals surface area contributed by atoms with Crippen LogP contribution in [0, 0.1) is 0 Å². The SMILES string of the molecule is CC(=O)NCCc1ccc(C(=O)COC(=O)c2ccco2)cc1. The van der Waals surface area contributed by atoms with Gasteiger partial charge >= 0.3 is 5.97 Å². The van der Waals surface area contributed by atoms with Crippen LogP contribution in [0.3, 0.4) is 0 Å². The quantitative estimate of drug-likeness (QED) is 0.624. The minimum Gasteiger partial charge on any atom is -0.457 e. The summed E-state index contributed by atoms with van der Waals surface area (Å²) in [6.45, 7) is 1.67. The Bertz CT molecular complexity index is 674. The number of Topliss-reactive ketones (excluding diaryl/α,β-unsaturated/α-hetero) is 1. The number of carbonyl (C=O) groups is 3. The summed E-state index contributed by atoms with van der Waals surface area (Å²) in [5, 5.41) is 2.71. The molecule has 120 valence electrons. The first-order valence-corrected chi connectivity index (χ1v) is 7.13. The van der Waals surface area contributed by atoms with Crippen LogP contribution in [-0.4, -0.2) is 30.8 Å². The number of furan rings is 1. The lowest BCUT2D eigenvalue weighted by Crippen LogP contribution is -2.22. The van der Waals surface area contributed by atoms with E-state index in [1.165, 1.54) is 19.3 Å². The molecule has 0 aliphatic carbocycles. The fourth-order valence-electron chi connectivity index (χ4n) is 1.92. The van der Waals surface area contributed by atoms with Gasteiger partial charge in [-0.25, -0.2) is 4.79 Å².